The number of nitrogens with one attached hydrogen (secondary N) is 1. The molecule has 0 radical (unpaired) electrons. The molecule has 1 fully saturated rings. The van der Waals surface area contributed by atoms with Gasteiger partial charge in [0.1, 0.15) is 17.4 Å². The Hall–Kier alpha value is -1.90. The standard InChI is InChI=1S/C17H17F2N3O.HI/c1-23-15-8-3-2-7-13(15)21-17(20)22-14-9-10(14)16-11(18)5-4-6-12(16)19;/h2-8,10,14H,9H2,1H3,(H3,20,21,22);1H. The van der Waals surface area contributed by atoms with Gasteiger partial charge in [-0.05, 0) is 30.7 Å². The first-order chi connectivity index (χ1) is 11.1. The zero-order chi connectivity index (χ0) is 16.4. The van der Waals surface area contributed by atoms with Crippen LogP contribution in [0.25, 0.3) is 0 Å². The fraction of sp³-hybridized carbons (Fsp3) is 0.235. The summed E-state index contributed by atoms with van der Waals surface area (Å²) < 4.78 is 32.7. The van der Waals surface area contributed by atoms with Crippen LogP contribution in [-0.4, -0.2) is 19.1 Å². The van der Waals surface area contributed by atoms with E-state index >= 15 is 0 Å². The molecule has 2 unspecified atom stereocenters. The van der Waals surface area contributed by atoms with E-state index in [-0.39, 0.29) is 47.5 Å². The first-order valence-electron chi connectivity index (χ1n) is 7.27. The van der Waals surface area contributed by atoms with Crippen molar-refractivity contribution in [2.24, 2.45) is 10.7 Å². The number of ether oxygens (including phenoxy) is 1. The summed E-state index contributed by atoms with van der Waals surface area (Å²) in [6, 6.07) is 10.9. The molecule has 1 aliphatic rings. The summed E-state index contributed by atoms with van der Waals surface area (Å²) in [6.45, 7) is 0. The molecule has 24 heavy (non-hydrogen) atoms. The SMILES string of the molecule is COc1ccccc1NC(N)=NC1CC1c1c(F)cccc1F.I. The van der Waals surface area contributed by atoms with Crippen LogP contribution < -0.4 is 15.8 Å². The lowest BCUT2D eigenvalue weighted by Gasteiger charge is -2.10. The van der Waals surface area contributed by atoms with Gasteiger partial charge in [-0.25, -0.2) is 13.8 Å². The topological polar surface area (TPSA) is 59.6 Å². The van der Waals surface area contributed by atoms with Crippen LogP contribution in [0.15, 0.2) is 47.5 Å². The highest BCUT2D eigenvalue weighted by atomic mass is 127. The molecule has 128 valence electrons. The van der Waals surface area contributed by atoms with E-state index in [1.165, 1.54) is 18.2 Å². The highest BCUT2D eigenvalue weighted by Gasteiger charge is 2.42. The summed E-state index contributed by atoms with van der Waals surface area (Å²) in [5.74, 6) is -0.515. The second-order valence-electron chi connectivity index (χ2n) is 5.38. The largest absolute Gasteiger partial charge is 0.495 e. The van der Waals surface area contributed by atoms with E-state index in [0.29, 0.717) is 17.9 Å². The number of benzene rings is 2. The average Bonchev–Trinajstić information content (AvgIpc) is 3.26. The van der Waals surface area contributed by atoms with E-state index in [9.17, 15) is 8.78 Å². The summed E-state index contributed by atoms with van der Waals surface area (Å²) in [5, 5.41) is 2.95. The third kappa shape index (κ3) is 3.95. The quantitative estimate of drug-likeness (QED) is 0.427. The molecule has 0 saturated heterocycles. The number of anilines is 1. The highest BCUT2D eigenvalue weighted by Crippen LogP contribution is 2.45. The molecule has 4 nitrogen and oxygen atoms in total. The Kier molecular flexibility index (Phi) is 5.98. The van der Waals surface area contributed by atoms with E-state index in [1.54, 1.807) is 13.2 Å². The van der Waals surface area contributed by atoms with Gasteiger partial charge in [0.2, 0.25) is 0 Å². The predicted molar refractivity (Wildman–Crippen MR) is 101 cm³/mol. The lowest BCUT2D eigenvalue weighted by molar-refractivity contribution is 0.417. The van der Waals surface area contributed by atoms with Gasteiger partial charge in [0, 0.05) is 11.5 Å². The number of hydrogen-bond acceptors (Lipinski definition) is 2. The molecule has 3 N–H and O–H groups in total. The molecule has 2 aromatic rings. The van der Waals surface area contributed by atoms with Gasteiger partial charge in [-0.15, -0.1) is 24.0 Å². The van der Waals surface area contributed by atoms with Crippen LogP contribution in [0.2, 0.25) is 0 Å². The minimum absolute atomic E-state index is 0. The number of hydrogen-bond donors (Lipinski definition) is 2. The molecule has 3 rings (SSSR count). The Morgan fingerprint density at radius 2 is 1.83 bits per heavy atom. The van der Waals surface area contributed by atoms with Gasteiger partial charge in [0.05, 0.1) is 18.8 Å². The molecule has 1 saturated carbocycles. The van der Waals surface area contributed by atoms with Crippen LogP contribution in [0.4, 0.5) is 14.5 Å². The molecule has 1 aliphatic carbocycles. The molecule has 0 bridgehead atoms. The molecule has 0 amide bonds. The van der Waals surface area contributed by atoms with Gasteiger partial charge >= 0.3 is 0 Å². The third-order valence-electron chi connectivity index (χ3n) is 3.80. The van der Waals surface area contributed by atoms with Crippen molar-refractivity contribution in [2.75, 3.05) is 12.4 Å². The van der Waals surface area contributed by atoms with Crippen molar-refractivity contribution >= 4 is 35.6 Å². The smallest absolute Gasteiger partial charge is 0.193 e. The normalized spacial score (nSPS) is 19.4. The Labute approximate surface area is 156 Å². The van der Waals surface area contributed by atoms with Gasteiger partial charge in [-0.3, -0.25) is 0 Å². The molecule has 0 aromatic heterocycles. The second kappa shape index (κ2) is 7.78. The van der Waals surface area contributed by atoms with Crippen molar-refractivity contribution in [1.82, 2.24) is 0 Å². The predicted octanol–water partition coefficient (Wildman–Crippen LogP) is 3.87. The van der Waals surface area contributed by atoms with Crippen LogP contribution >= 0.6 is 24.0 Å². The maximum Gasteiger partial charge on any atom is 0.193 e. The number of aliphatic imine (C=N–C) groups is 1. The van der Waals surface area contributed by atoms with Crippen molar-refractivity contribution in [1.29, 1.82) is 0 Å². The molecule has 0 spiro atoms. The minimum Gasteiger partial charge on any atom is -0.495 e. The number of nitrogens with two attached hydrogens (primary N) is 1. The number of rotatable bonds is 4. The summed E-state index contributed by atoms with van der Waals surface area (Å²) in [4.78, 5) is 4.29. The van der Waals surface area contributed by atoms with E-state index < -0.39 is 11.6 Å². The molecular formula is C17H18F2IN3O. The summed E-state index contributed by atoms with van der Waals surface area (Å²) >= 11 is 0. The molecule has 2 aromatic carbocycles. The van der Waals surface area contributed by atoms with Crippen LogP contribution in [0, 0.1) is 11.6 Å². The number of halogens is 3. The zero-order valence-corrected chi connectivity index (χ0v) is 15.3. The van der Waals surface area contributed by atoms with Gasteiger partial charge < -0.3 is 15.8 Å². The molecule has 7 heteroatoms. The van der Waals surface area contributed by atoms with Crippen molar-refractivity contribution in [3.05, 3.63) is 59.7 Å². The molecule has 0 aliphatic heterocycles. The van der Waals surface area contributed by atoms with Gasteiger partial charge in [0.15, 0.2) is 5.96 Å². The van der Waals surface area contributed by atoms with Crippen LogP contribution in [-0.2, 0) is 0 Å². The van der Waals surface area contributed by atoms with Crippen molar-refractivity contribution in [2.45, 2.75) is 18.4 Å². The van der Waals surface area contributed by atoms with Crippen LogP contribution in [0.3, 0.4) is 0 Å². The van der Waals surface area contributed by atoms with Gasteiger partial charge in [-0.1, -0.05) is 18.2 Å². The number of guanidine groups is 1. The molecule has 0 heterocycles. The van der Waals surface area contributed by atoms with Crippen molar-refractivity contribution in [3.63, 3.8) is 0 Å². The average molecular weight is 445 g/mol. The van der Waals surface area contributed by atoms with Crippen LogP contribution in [0.1, 0.15) is 17.9 Å². The van der Waals surface area contributed by atoms with E-state index in [4.69, 9.17) is 10.5 Å². The number of para-hydroxylation sites is 2. The summed E-state index contributed by atoms with van der Waals surface area (Å²) in [5.41, 5.74) is 6.66. The molecular weight excluding hydrogens is 427 g/mol. The van der Waals surface area contributed by atoms with E-state index in [2.05, 4.69) is 10.3 Å². The number of methoxy groups -OCH3 is 1. The first-order valence-corrected chi connectivity index (χ1v) is 7.27. The summed E-state index contributed by atoms with van der Waals surface area (Å²) in [7, 11) is 1.56. The van der Waals surface area contributed by atoms with Crippen molar-refractivity contribution in [3.8, 4) is 5.75 Å². The van der Waals surface area contributed by atoms with Crippen molar-refractivity contribution < 1.29 is 13.5 Å². The lowest BCUT2D eigenvalue weighted by Crippen LogP contribution is -2.23. The summed E-state index contributed by atoms with van der Waals surface area (Å²) in [6.07, 6.45) is 0.576. The Balaban J connectivity index is 0.00000208. The zero-order valence-electron chi connectivity index (χ0n) is 13.0. The van der Waals surface area contributed by atoms with Gasteiger partial charge in [-0.2, -0.15) is 0 Å². The number of nitrogens with zero attached hydrogens (tertiary/aromatic N) is 1. The highest BCUT2D eigenvalue weighted by molar-refractivity contribution is 14.0. The maximum absolute atomic E-state index is 13.7. The third-order valence-corrected chi connectivity index (χ3v) is 3.80. The maximum atomic E-state index is 13.7. The Morgan fingerprint density at radius 3 is 2.50 bits per heavy atom. The van der Waals surface area contributed by atoms with E-state index in [0.717, 1.165) is 0 Å². The first kappa shape index (κ1) is 18.4. The second-order valence-corrected chi connectivity index (χ2v) is 5.38. The lowest BCUT2D eigenvalue weighted by atomic mass is 10.1. The van der Waals surface area contributed by atoms with Crippen LogP contribution in [0.5, 0.6) is 5.75 Å². The Morgan fingerprint density at radius 1 is 1.17 bits per heavy atom. The van der Waals surface area contributed by atoms with Gasteiger partial charge in [0.25, 0.3) is 0 Å². The molecule has 2 atom stereocenters. The minimum atomic E-state index is -0.538. The monoisotopic (exact) mass is 445 g/mol. The van der Waals surface area contributed by atoms with E-state index in [1.807, 2.05) is 18.2 Å². The fourth-order valence-corrected chi connectivity index (χ4v) is 2.60. The Bertz CT molecular complexity index is 734. The fourth-order valence-electron chi connectivity index (χ4n) is 2.60.